The van der Waals surface area contributed by atoms with Gasteiger partial charge in [0.05, 0.1) is 23.8 Å². The third-order valence-corrected chi connectivity index (χ3v) is 11.3. The van der Waals surface area contributed by atoms with Crippen molar-refractivity contribution in [2.75, 3.05) is 51.3 Å². The number of thiocarbonyl (C=S) groups is 1. The molecular weight excluding hydrogens is 553 g/mol. The van der Waals surface area contributed by atoms with Crippen molar-refractivity contribution in [3.8, 4) is 0 Å². The summed E-state index contributed by atoms with van der Waals surface area (Å²) in [4.78, 5) is 33.6. The molecule has 2 atom stereocenters. The van der Waals surface area contributed by atoms with Crippen LogP contribution in [0.15, 0.2) is 24.3 Å². The van der Waals surface area contributed by atoms with Crippen molar-refractivity contribution in [2.45, 2.75) is 57.4 Å². The van der Waals surface area contributed by atoms with Crippen LogP contribution in [0.1, 0.15) is 71.4 Å². The predicted octanol–water partition coefficient (Wildman–Crippen LogP) is 4.85. The zero-order chi connectivity index (χ0) is 27.9. The average molecular weight is 595 g/mol. The minimum atomic E-state index is -0.0279. The van der Waals surface area contributed by atoms with Gasteiger partial charge in [-0.15, -0.1) is 11.3 Å². The molecule has 5 aliphatic rings. The van der Waals surface area contributed by atoms with Gasteiger partial charge < -0.3 is 20.3 Å². The highest BCUT2D eigenvalue weighted by Gasteiger charge is 2.40. The van der Waals surface area contributed by atoms with Gasteiger partial charge in [-0.1, -0.05) is 36.5 Å². The van der Waals surface area contributed by atoms with Crippen LogP contribution in [0.25, 0.3) is 0 Å². The van der Waals surface area contributed by atoms with Crippen LogP contribution in [0.3, 0.4) is 0 Å². The van der Waals surface area contributed by atoms with Gasteiger partial charge in [0.25, 0.3) is 5.91 Å². The molecule has 7 rings (SSSR count). The van der Waals surface area contributed by atoms with Gasteiger partial charge in [-0.2, -0.15) is 0 Å². The first-order valence-corrected chi connectivity index (χ1v) is 16.7. The van der Waals surface area contributed by atoms with Gasteiger partial charge >= 0.3 is 0 Å². The van der Waals surface area contributed by atoms with E-state index in [1.807, 2.05) is 0 Å². The fourth-order valence-electron chi connectivity index (χ4n) is 6.76. The number of hydrogen-bond donors (Lipinski definition) is 2. The number of rotatable bonds is 9. The Balaban J connectivity index is 0.00000316. The van der Waals surface area contributed by atoms with Crippen molar-refractivity contribution < 1.29 is 15.8 Å². The molecule has 1 aromatic heterocycles. The number of amides is 2. The van der Waals surface area contributed by atoms with Crippen LogP contribution in [0.2, 0.25) is 0 Å². The van der Waals surface area contributed by atoms with Gasteiger partial charge in [0.2, 0.25) is 5.91 Å². The zero-order valence-corrected chi connectivity index (χ0v) is 25.3. The highest BCUT2D eigenvalue weighted by molar-refractivity contribution is 7.80. The summed E-state index contributed by atoms with van der Waals surface area (Å²) >= 11 is 7.90. The summed E-state index contributed by atoms with van der Waals surface area (Å²) in [5.41, 5.74) is 4.56. The van der Waals surface area contributed by atoms with E-state index >= 15 is 0 Å². The minimum absolute atomic E-state index is 0. The molecule has 2 aliphatic heterocycles. The van der Waals surface area contributed by atoms with E-state index < -0.39 is 0 Å². The normalized spacial score (nSPS) is 24.5. The van der Waals surface area contributed by atoms with Crippen LogP contribution in [0.4, 0.5) is 5.00 Å². The molecule has 1 saturated heterocycles. The van der Waals surface area contributed by atoms with Crippen LogP contribution in [0, 0.1) is 17.8 Å². The summed E-state index contributed by atoms with van der Waals surface area (Å²) in [6, 6.07) is 8.80. The smallest absolute Gasteiger partial charge is 0.254 e. The highest BCUT2D eigenvalue weighted by atomic mass is 32.1. The number of carbonyl (C=O) groups excluding carboxylic acids is 2. The number of thiophene rings is 1. The number of benzene rings is 1. The van der Waals surface area contributed by atoms with Crippen molar-refractivity contribution in [2.24, 2.45) is 17.8 Å². The Kier molecular flexibility index (Phi) is 7.88. The molecule has 0 bridgehead atoms. The molecule has 0 spiro atoms. The van der Waals surface area contributed by atoms with Gasteiger partial charge in [-0.3, -0.25) is 14.5 Å². The molecule has 3 fully saturated rings. The summed E-state index contributed by atoms with van der Waals surface area (Å²) in [6.07, 6.45) is 7.04. The fraction of sp³-hybridized carbons (Fsp3) is 0.594. The highest BCUT2D eigenvalue weighted by Crippen LogP contribution is 2.46. The van der Waals surface area contributed by atoms with Crippen LogP contribution in [-0.2, 0) is 28.9 Å². The molecule has 2 aromatic rings. The summed E-state index contributed by atoms with van der Waals surface area (Å²) in [6.45, 7) is 7.07. The summed E-state index contributed by atoms with van der Waals surface area (Å²) in [5, 5.41) is 7.11. The van der Waals surface area contributed by atoms with Crippen LogP contribution >= 0.6 is 23.6 Å². The molecule has 220 valence electrons. The third kappa shape index (κ3) is 5.96. The molecule has 2 amide bonds. The van der Waals surface area contributed by atoms with Gasteiger partial charge in [-0.25, -0.2) is 0 Å². The lowest BCUT2D eigenvalue weighted by Crippen LogP contribution is -2.46. The van der Waals surface area contributed by atoms with Crippen molar-refractivity contribution in [1.29, 1.82) is 0 Å². The van der Waals surface area contributed by atoms with Crippen molar-refractivity contribution in [3.05, 3.63) is 51.4 Å². The first kappa shape index (κ1) is 27.5. The Hall–Kier alpha value is -2.33. The number of aryl methyl sites for hydroxylation is 1. The molecule has 9 heteroatoms. The molecule has 1 unspecified atom stereocenters. The topological polar surface area (TPSA) is 73.9 Å². The maximum absolute atomic E-state index is 13.6. The van der Waals surface area contributed by atoms with Gasteiger partial charge in [0, 0.05) is 57.4 Å². The molecule has 41 heavy (non-hydrogen) atoms. The first-order valence-electron chi connectivity index (χ1n) is 15.5. The standard InChI is InChI=1S/C32H40N4O3S2.H2/c37-29(21-7-8-21)34-31-28(30(38)33-18-20-5-6-20)25-17-22(9-10-26(25)41-31)27-24-4-2-1-3-23(24)19-36(32(27)40)12-11-35-13-15-39-16-14-35;/h1-4,20-22,27H,5-19H2,(H,33,38)(H,34,37);1H/t22-,27?;/m1./s1. The van der Waals surface area contributed by atoms with E-state index in [0.717, 1.165) is 100 Å². The second-order valence-electron chi connectivity index (χ2n) is 12.5. The summed E-state index contributed by atoms with van der Waals surface area (Å²) < 4.78 is 5.55. The molecular formula is C32H42N4O3S2. The Morgan fingerprint density at radius 2 is 1.88 bits per heavy atom. The quantitative estimate of drug-likeness (QED) is 0.405. The number of ether oxygens (including phenoxy) is 1. The minimum Gasteiger partial charge on any atom is -0.379 e. The van der Waals surface area contributed by atoms with Crippen molar-refractivity contribution in [1.82, 2.24) is 15.1 Å². The first-order chi connectivity index (χ1) is 20.0. The molecule has 3 heterocycles. The maximum atomic E-state index is 13.6. The van der Waals surface area contributed by atoms with Gasteiger partial charge in [0.15, 0.2) is 0 Å². The zero-order valence-electron chi connectivity index (χ0n) is 23.7. The van der Waals surface area contributed by atoms with E-state index in [2.05, 4.69) is 44.7 Å². The largest absolute Gasteiger partial charge is 0.379 e. The average Bonchev–Trinajstić information content (AvgIpc) is 3.92. The maximum Gasteiger partial charge on any atom is 0.254 e. The van der Waals surface area contributed by atoms with Crippen LogP contribution in [-0.4, -0.2) is 72.5 Å². The Bertz CT molecular complexity index is 1340. The van der Waals surface area contributed by atoms with Gasteiger partial charge in [0.1, 0.15) is 5.00 Å². The van der Waals surface area contributed by atoms with E-state index in [9.17, 15) is 9.59 Å². The van der Waals surface area contributed by atoms with Crippen LogP contribution < -0.4 is 10.6 Å². The number of anilines is 1. The Morgan fingerprint density at radius 3 is 2.66 bits per heavy atom. The van der Waals surface area contributed by atoms with E-state index in [1.165, 1.54) is 28.8 Å². The van der Waals surface area contributed by atoms with Gasteiger partial charge in [-0.05, 0) is 73.5 Å². The molecule has 7 nitrogen and oxygen atoms in total. The third-order valence-electron chi connectivity index (χ3n) is 9.55. The molecule has 1 aromatic carbocycles. The molecule has 2 N–H and O–H groups in total. The second-order valence-corrected chi connectivity index (χ2v) is 14.0. The summed E-state index contributed by atoms with van der Waals surface area (Å²) in [5.74, 6) is 1.21. The lowest BCUT2D eigenvalue weighted by Gasteiger charge is -2.42. The SMILES string of the molecule is O=C(NCC1CC1)c1c(NC(=O)C2CC2)sc2c1C[C@H](C1C(=S)N(CCN3CCOCC3)Cc3ccccc31)CC2.[HH]. The second kappa shape index (κ2) is 11.7. The summed E-state index contributed by atoms with van der Waals surface area (Å²) in [7, 11) is 0. The number of hydrogen-bond acceptors (Lipinski definition) is 6. The van der Waals surface area contributed by atoms with E-state index in [1.54, 1.807) is 11.3 Å². The number of morpholine rings is 1. The Morgan fingerprint density at radius 1 is 1.07 bits per heavy atom. The molecule has 0 radical (unpaired) electrons. The van der Waals surface area contributed by atoms with E-state index in [4.69, 9.17) is 17.0 Å². The number of fused-ring (bicyclic) bond motifs is 2. The van der Waals surface area contributed by atoms with E-state index in [-0.39, 0.29) is 25.1 Å². The fourth-order valence-corrected chi connectivity index (χ4v) is 8.48. The number of carbonyl (C=O) groups is 2. The molecule has 2 saturated carbocycles. The lowest BCUT2D eigenvalue weighted by atomic mass is 9.73. The monoisotopic (exact) mass is 594 g/mol. The predicted molar refractivity (Wildman–Crippen MR) is 168 cm³/mol. The Labute approximate surface area is 253 Å². The van der Waals surface area contributed by atoms with Crippen molar-refractivity contribution in [3.63, 3.8) is 0 Å². The van der Waals surface area contributed by atoms with Crippen LogP contribution in [0.5, 0.6) is 0 Å². The number of nitrogens with one attached hydrogen (secondary N) is 2. The molecule has 3 aliphatic carbocycles. The van der Waals surface area contributed by atoms with E-state index in [0.29, 0.717) is 17.4 Å². The number of nitrogens with zero attached hydrogens (tertiary/aromatic N) is 2. The lowest BCUT2D eigenvalue weighted by molar-refractivity contribution is -0.117. The van der Waals surface area contributed by atoms with Crippen molar-refractivity contribution >= 4 is 45.4 Å².